The van der Waals surface area contributed by atoms with Gasteiger partial charge in [0.1, 0.15) is 5.76 Å². The van der Waals surface area contributed by atoms with Gasteiger partial charge in [-0.05, 0) is 13.3 Å². The molecular weight excluding hydrogens is 282 g/mol. The van der Waals surface area contributed by atoms with Crippen LogP contribution in [0.2, 0.25) is 0 Å². The van der Waals surface area contributed by atoms with Gasteiger partial charge in [0.05, 0.1) is 25.0 Å². The largest absolute Gasteiger partial charge is 0.436 e. The zero-order valence-corrected chi connectivity index (χ0v) is 12.9. The lowest BCUT2D eigenvalue weighted by Gasteiger charge is -2.22. The van der Waals surface area contributed by atoms with Crippen molar-refractivity contribution in [2.75, 3.05) is 13.3 Å². The summed E-state index contributed by atoms with van der Waals surface area (Å²) in [5.41, 5.74) is 0.524. The Morgan fingerprint density at radius 3 is 2.65 bits per heavy atom. The van der Waals surface area contributed by atoms with Crippen molar-refractivity contribution in [3.8, 4) is 0 Å². The van der Waals surface area contributed by atoms with Crippen molar-refractivity contribution < 1.29 is 17.6 Å². The number of carbonyl (C=O) groups is 1. The van der Waals surface area contributed by atoms with Crippen LogP contribution in [0.15, 0.2) is 4.42 Å². The molecule has 0 saturated carbocycles. The number of rotatable bonds is 4. The highest BCUT2D eigenvalue weighted by atomic mass is 32.2. The number of carbonyl (C=O) groups excluding carboxylic acids is 1. The fourth-order valence-corrected chi connectivity index (χ4v) is 2.67. The predicted octanol–water partition coefficient (Wildman–Crippen LogP) is 0.820. The van der Waals surface area contributed by atoms with Crippen LogP contribution >= 0.6 is 0 Å². The number of aromatic nitrogens is 1. The van der Waals surface area contributed by atoms with Crippen LogP contribution in [-0.4, -0.2) is 47.9 Å². The van der Waals surface area contributed by atoms with E-state index in [2.05, 4.69) is 4.98 Å². The van der Waals surface area contributed by atoms with Gasteiger partial charge in [0.25, 0.3) is 5.89 Å². The molecule has 0 bridgehead atoms. The third-order valence-electron chi connectivity index (χ3n) is 3.65. The summed E-state index contributed by atoms with van der Waals surface area (Å²) in [6.07, 6.45) is 1.98. The summed E-state index contributed by atoms with van der Waals surface area (Å²) in [5.74, 6) is 0.210. The molecule has 1 aliphatic rings. The van der Waals surface area contributed by atoms with Gasteiger partial charge in [0.2, 0.25) is 10.0 Å². The van der Waals surface area contributed by atoms with Crippen molar-refractivity contribution in [2.24, 2.45) is 0 Å². The maximum atomic E-state index is 12.2. The molecule has 1 aromatic heterocycles. The van der Waals surface area contributed by atoms with Crippen LogP contribution in [0.5, 0.6) is 0 Å². The van der Waals surface area contributed by atoms with E-state index in [0.29, 0.717) is 11.5 Å². The third kappa shape index (κ3) is 2.71. The lowest BCUT2D eigenvalue weighted by molar-refractivity contribution is 0.0697. The van der Waals surface area contributed by atoms with E-state index in [9.17, 15) is 13.2 Å². The zero-order valence-electron chi connectivity index (χ0n) is 12.1. The van der Waals surface area contributed by atoms with Crippen LogP contribution in [0.4, 0.5) is 0 Å². The lowest BCUT2D eigenvalue weighted by atomic mass is 10.2. The molecule has 0 fully saturated rings. The lowest BCUT2D eigenvalue weighted by Crippen LogP contribution is -2.35. The molecular formula is C12H19N3O4S. The van der Waals surface area contributed by atoms with Crippen molar-refractivity contribution in [3.63, 3.8) is 0 Å². The maximum absolute atomic E-state index is 12.2. The van der Waals surface area contributed by atoms with E-state index in [1.54, 1.807) is 11.9 Å². The Hall–Kier alpha value is -1.41. The predicted molar refractivity (Wildman–Crippen MR) is 72.4 cm³/mol. The second kappa shape index (κ2) is 5.17. The number of hydrogen-bond acceptors (Lipinski definition) is 5. The van der Waals surface area contributed by atoms with Gasteiger partial charge in [-0.2, -0.15) is 4.31 Å². The summed E-state index contributed by atoms with van der Waals surface area (Å²) in [5, 5.41) is 0. The Morgan fingerprint density at radius 2 is 2.15 bits per heavy atom. The number of fused-ring (bicyclic) bond motifs is 1. The first-order valence-corrected chi connectivity index (χ1v) is 8.29. The summed E-state index contributed by atoms with van der Waals surface area (Å²) < 4.78 is 29.6. The smallest absolute Gasteiger partial charge is 0.309 e. The molecule has 1 atom stereocenters. The highest BCUT2D eigenvalue weighted by Crippen LogP contribution is 2.25. The molecule has 0 saturated heterocycles. The number of hydrogen-bond donors (Lipinski definition) is 0. The van der Waals surface area contributed by atoms with E-state index in [-0.39, 0.29) is 30.9 Å². The van der Waals surface area contributed by atoms with Gasteiger partial charge in [0, 0.05) is 13.1 Å². The number of sulfonamides is 1. The first kappa shape index (κ1) is 15.0. The molecule has 112 valence electrons. The van der Waals surface area contributed by atoms with Crippen LogP contribution < -0.4 is 0 Å². The van der Waals surface area contributed by atoms with Crippen molar-refractivity contribution in [1.29, 1.82) is 0 Å². The highest BCUT2D eigenvalue weighted by molar-refractivity contribution is 7.88. The topological polar surface area (TPSA) is 83.7 Å². The Kier molecular flexibility index (Phi) is 3.88. The van der Waals surface area contributed by atoms with Crippen LogP contribution in [0.25, 0.3) is 0 Å². The second-order valence-corrected chi connectivity index (χ2v) is 7.08. The van der Waals surface area contributed by atoms with Crippen molar-refractivity contribution in [3.05, 3.63) is 17.3 Å². The molecule has 20 heavy (non-hydrogen) atoms. The van der Waals surface area contributed by atoms with Crippen LogP contribution in [0.3, 0.4) is 0 Å². The minimum atomic E-state index is -3.27. The SMILES string of the molecule is CC[C@H](C)N(C)C(=O)c1nc2c(o1)CN(S(C)(=O)=O)C2. The van der Waals surface area contributed by atoms with E-state index in [1.807, 2.05) is 13.8 Å². The molecule has 1 aromatic rings. The average molecular weight is 301 g/mol. The first-order valence-electron chi connectivity index (χ1n) is 6.45. The minimum absolute atomic E-state index is 0.0333. The Labute approximate surface area is 118 Å². The fraction of sp³-hybridized carbons (Fsp3) is 0.667. The summed E-state index contributed by atoms with van der Waals surface area (Å²) in [6, 6.07) is 0.0942. The van der Waals surface area contributed by atoms with Crippen molar-refractivity contribution in [2.45, 2.75) is 39.4 Å². The van der Waals surface area contributed by atoms with Gasteiger partial charge in [-0.25, -0.2) is 13.4 Å². The van der Waals surface area contributed by atoms with Gasteiger partial charge in [-0.3, -0.25) is 4.79 Å². The molecule has 0 aliphatic carbocycles. The van der Waals surface area contributed by atoms with Gasteiger partial charge < -0.3 is 9.32 Å². The normalized spacial score (nSPS) is 17.0. The summed E-state index contributed by atoms with van der Waals surface area (Å²) >= 11 is 0. The summed E-state index contributed by atoms with van der Waals surface area (Å²) in [7, 11) is -1.57. The fourth-order valence-electron chi connectivity index (χ4n) is 1.96. The molecule has 2 rings (SSSR count). The van der Waals surface area contributed by atoms with Gasteiger partial charge in [-0.1, -0.05) is 6.92 Å². The first-order chi connectivity index (χ1) is 9.24. The second-order valence-electron chi connectivity index (χ2n) is 5.09. The molecule has 1 aliphatic heterocycles. The number of nitrogens with zero attached hydrogens (tertiary/aromatic N) is 3. The minimum Gasteiger partial charge on any atom is -0.436 e. The Bertz CT molecular complexity index is 599. The van der Waals surface area contributed by atoms with Gasteiger partial charge >= 0.3 is 5.91 Å². The monoisotopic (exact) mass is 301 g/mol. The molecule has 0 radical (unpaired) electrons. The van der Waals surface area contributed by atoms with Crippen LogP contribution in [0.1, 0.15) is 42.4 Å². The maximum Gasteiger partial charge on any atom is 0.309 e. The van der Waals surface area contributed by atoms with Gasteiger partial charge in [-0.15, -0.1) is 0 Å². The quantitative estimate of drug-likeness (QED) is 0.822. The number of amides is 1. The average Bonchev–Trinajstić information content (AvgIpc) is 2.93. The zero-order chi connectivity index (χ0) is 15.1. The van der Waals surface area contributed by atoms with Crippen LogP contribution in [0, 0.1) is 0 Å². The van der Waals surface area contributed by atoms with E-state index in [4.69, 9.17) is 4.42 Å². The molecule has 0 spiro atoms. The van der Waals surface area contributed by atoms with E-state index in [0.717, 1.165) is 12.7 Å². The van der Waals surface area contributed by atoms with E-state index < -0.39 is 10.0 Å². The standard InChI is InChI=1S/C12H19N3O4S/c1-5-8(2)14(3)12(16)11-13-9-6-15(20(4,17)18)7-10(9)19-11/h8H,5-7H2,1-4H3/t8-/m0/s1. The highest BCUT2D eigenvalue weighted by Gasteiger charge is 2.33. The van der Waals surface area contributed by atoms with Gasteiger partial charge in [0.15, 0.2) is 0 Å². The summed E-state index contributed by atoms with van der Waals surface area (Å²) in [4.78, 5) is 17.9. The molecule has 7 nitrogen and oxygen atoms in total. The molecule has 0 aromatic carbocycles. The van der Waals surface area contributed by atoms with Crippen molar-refractivity contribution >= 4 is 15.9 Å². The molecule has 1 amide bonds. The van der Waals surface area contributed by atoms with E-state index >= 15 is 0 Å². The number of oxazole rings is 1. The summed E-state index contributed by atoms with van der Waals surface area (Å²) in [6.45, 7) is 4.24. The Morgan fingerprint density at radius 1 is 1.50 bits per heavy atom. The molecule has 8 heteroatoms. The Balaban J connectivity index is 2.16. The van der Waals surface area contributed by atoms with Crippen LogP contribution in [-0.2, 0) is 23.1 Å². The van der Waals surface area contributed by atoms with Crippen molar-refractivity contribution in [1.82, 2.24) is 14.2 Å². The molecule has 0 N–H and O–H groups in total. The van der Waals surface area contributed by atoms with E-state index in [1.165, 1.54) is 4.31 Å². The molecule has 2 heterocycles. The third-order valence-corrected chi connectivity index (χ3v) is 4.84. The molecule has 0 unspecified atom stereocenters.